The summed E-state index contributed by atoms with van der Waals surface area (Å²) >= 11 is 6.12. The van der Waals surface area contributed by atoms with Crippen molar-refractivity contribution in [1.82, 2.24) is 14.9 Å². The molecule has 3 aromatic rings. The summed E-state index contributed by atoms with van der Waals surface area (Å²) in [4.78, 5) is 33.0. The van der Waals surface area contributed by atoms with Gasteiger partial charge in [-0.3, -0.25) is 14.9 Å². The van der Waals surface area contributed by atoms with E-state index in [0.717, 1.165) is 29.7 Å². The second-order valence-electron chi connectivity index (χ2n) is 6.65. The fourth-order valence-electron chi connectivity index (χ4n) is 3.51. The number of piperidine rings is 1. The van der Waals surface area contributed by atoms with Gasteiger partial charge in [-0.05, 0) is 31.0 Å². The first-order chi connectivity index (χ1) is 13.0. The average Bonchev–Trinajstić information content (AvgIpc) is 3.12. The minimum atomic E-state index is -0.529. The van der Waals surface area contributed by atoms with Crippen molar-refractivity contribution in [1.29, 1.82) is 0 Å². The molecule has 1 aliphatic rings. The summed E-state index contributed by atoms with van der Waals surface area (Å²) in [6.07, 6.45) is 1.80. The maximum atomic E-state index is 12.9. The number of nitro benzene ring substituents is 1. The van der Waals surface area contributed by atoms with Crippen LogP contribution in [-0.4, -0.2) is 38.8 Å². The number of fused-ring (bicyclic) bond motifs is 1. The highest BCUT2D eigenvalue weighted by molar-refractivity contribution is 6.34. The fourth-order valence-corrected chi connectivity index (χ4v) is 3.77. The number of aromatic nitrogens is 2. The van der Waals surface area contributed by atoms with Gasteiger partial charge in [0.1, 0.15) is 5.82 Å². The molecule has 0 aliphatic carbocycles. The average molecular weight is 385 g/mol. The van der Waals surface area contributed by atoms with Crippen molar-refractivity contribution in [2.45, 2.75) is 18.8 Å². The third kappa shape index (κ3) is 3.38. The minimum absolute atomic E-state index is 0.0973. The molecule has 7 nitrogen and oxygen atoms in total. The van der Waals surface area contributed by atoms with Gasteiger partial charge in [0.25, 0.3) is 11.6 Å². The summed E-state index contributed by atoms with van der Waals surface area (Å²) in [7, 11) is 0. The zero-order chi connectivity index (χ0) is 19.0. The Labute approximate surface area is 160 Å². The molecule has 8 heteroatoms. The Kier molecular flexibility index (Phi) is 4.53. The largest absolute Gasteiger partial charge is 0.342 e. The lowest BCUT2D eigenvalue weighted by molar-refractivity contribution is -0.384. The van der Waals surface area contributed by atoms with Gasteiger partial charge >= 0.3 is 0 Å². The summed E-state index contributed by atoms with van der Waals surface area (Å²) in [5.74, 6) is 0.783. The molecule has 1 N–H and O–H groups in total. The number of para-hydroxylation sites is 2. The number of benzene rings is 2. The lowest BCUT2D eigenvalue weighted by Gasteiger charge is -2.32. The third-order valence-corrected chi connectivity index (χ3v) is 5.21. The summed E-state index contributed by atoms with van der Waals surface area (Å²) in [5, 5.41) is 10.9. The van der Waals surface area contributed by atoms with E-state index >= 15 is 0 Å². The topological polar surface area (TPSA) is 92.1 Å². The van der Waals surface area contributed by atoms with Gasteiger partial charge in [0.2, 0.25) is 0 Å². The molecule has 0 radical (unpaired) electrons. The summed E-state index contributed by atoms with van der Waals surface area (Å²) in [5.41, 5.74) is 2.05. The second-order valence-corrected chi connectivity index (χ2v) is 7.06. The van der Waals surface area contributed by atoms with Crippen LogP contribution in [0, 0.1) is 10.1 Å². The number of hydrogen-bond donors (Lipinski definition) is 1. The van der Waals surface area contributed by atoms with Gasteiger partial charge in [0.05, 0.1) is 26.5 Å². The number of amides is 1. The monoisotopic (exact) mass is 384 g/mol. The number of carbonyl (C=O) groups excluding carboxylic acids is 1. The lowest BCUT2D eigenvalue weighted by atomic mass is 9.96. The molecule has 1 amide bonds. The summed E-state index contributed by atoms with van der Waals surface area (Å²) in [6.45, 7) is 1.16. The maximum Gasteiger partial charge on any atom is 0.270 e. The zero-order valence-corrected chi connectivity index (χ0v) is 15.1. The number of non-ortho nitro benzene ring substituents is 1. The van der Waals surface area contributed by atoms with Crippen molar-refractivity contribution in [2.75, 3.05) is 13.1 Å². The molecule has 1 atom stereocenters. The van der Waals surface area contributed by atoms with Gasteiger partial charge in [-0.15, -0.1) is 0 Å². The van der Waals surface area contributed by atoms with Gasteiger partial charge in [0.15, 0.2) is 0 Å². The van der Waals surface area contributed by atoms with E-state index in [1.54, 1.807) is 4.90 Å². The molecular formula is C19H17ClN4O3. The van der Waals surface area contributed by atoms with Crippen LogP contribution >= 0.6 is 11.6 Å². The molecule has 4 rings (SSSR count). The zero-order valence-electron chi connectivity index (χ0n) is 14.4. The first-order valence-corrected chi connectivity index (χ1v) is 9.08. The van der Waals surface area contributed by atoms with Crippen LogP contribution in [0.1, 0.15) is 34.9 Å². The van der Waals surface area contributed by atoms with Crippen molar-refractivity contribution in [3.05, 3.63) is 69.0 Å². The van der Waals surface area contributed by atoms with Crippen LogP contribution in [0.3, 0.4) is 0 Å². The molecular weight excluding hydrogens is 368 g/mol. The highest BCUT2D eigenvalue weighted by atomic mass is 35.5. The van der Waals surface area contributed by atoms with Crippen LogP contribution in [0.5, 0.6) is 0 Å². The first kappa shape index (κ1) is 17.5. The van der Waals surface area contributed by atoms with E-state index in [1.807, 2.05) is 24.3 Å². The van der Waals surface area contributed by atoms with Gasteiger partial charge in [-0.2, -0.15) is 0 Å². The number of hydrogen-bond acceptors (Lipinski definition) is 4. The molecule has 2 heterocycles. The van der Waals surface area contributed by atoms with E-state index in [2.05, 4.69) is 9.97 Å². The Hall–Kier alpha value is -2.93. The number of H-pyrrole nitrogens is 1. The van der Waals surface area contributed by atoms with Crippen LogP contribution in [0.4, 0.5) is 5.69 Å². The van der Waals surface area contributed by atoms with E-state index < -0.39 is 4.92 Å². The van der Waals surface area contributed by atoms with Crippen molar-refractivity contribution >= 4 is 34.2 Å². The van der Waals surface area contributed by atoms with Crippen LogP contribution in [0.15, 0.2) is 42.5 Å². The number of rotatable bonds is 3. The molecule has 27 heavy (non-hydrogen) atoms. The molecule has 138 valence electrons. The van der Waals surface area contributed by atoms with Crippen molar-refractivity contribution < 1.29 is 9.72 Å². The predicted octanol–water partition coefficient (Wildman–Crippen LogP) is 4.14. The Morgan fingerprint density at radius 2 is 2.11 bits per heavy atom. The van der Waals surface area contributed by atoms with Crippen molar-refractivity contribution in [3.8, 4) is 0 Å². The van der Waals surface area contributed by atoms with Crippen LogP contribution in [-0.2, 0) is 0 Å². The van der Waals surface area contributed by atoms with Crippen LogP contribution in [0.25, 0.3) is 11.0 Å². The molecule has 1 saturated heterocycles. The summed E-state index contributed by atoms with van der Waals surface area (Å²) in [6, 6.07) is 11.8. The number of carbonyl (C=O) groups is 1. The standard InChI is InChI=1S/C19H17ClN4O3/c20-15-10-13(24(26)27)7-8-14(15)19(25)23-9-3-4-12(11-23)18-21-16-5-1-2-6-17(16)22-18/h1-2,5-8,10,12H,3-4,9,11H2,(H,21,22)/t12-/m0/s1. The fraction of sp³-hybridized carbons (Fsp3) is 0.263. The van der Waals surface area contributed by atoms with E-state index in [9.17, 15) is 14.9 Å². The number of nitrogens with one attached hydrogen (secondary N) is 1. The summed E-state index contributed by atoms with van der Waals surface area (Å²) < 4.78 is 0. The molecule has 0 unspecified atom stereocenters. The molecule has 1 aromatic heterocycles. The lowest BCUT2D eigenvalue weighted by Crippen LogP contribution is -2.39. The number of nitro groups is 1. The highest BCUT2D eigenvalue weighted by Gasteiger charge is 2.28. The Bertz CT molecular complexity index is 1000. The quantitative estimate of drug-likeness (QED) is 0.542. The van der Waals surface area contributed by atoms with E-state index in [4.69, 9.17) is 11.6 Å². The molecule has 0 saturated carbocycles. The van der Waals surface area contributed by atoms with E-state index in [0.29, 0.717) is 13.1 Å². The number of nitrogens with zero attached hydrogens (tertiary/aromatic N) is 3. The minimum Gasteiger partial charge on any atom is -0.342 e. The maximum absolute atomic E-state index is 12.9. The Morgan fingerprint density at radius 3 is 2.85 bits per heavy atom. The van der Waals surface area contributed by atoms with Crippen LogP contribution < -0.4 is 0 Å². The van der Waals surface area contributed by atoms with E-state index in [1.165, 1.54) is 18.2 Å². The molecule has 1 fully saturated rings. The van der Waals surface area contributed by atoms with Gasteiger partial charge in [-0.25, -0.2) is 4.98 Å². The van der Waals surface area contributed by atoms with Gasteiger partial charge < -0.3 is 9.88 Å². The first-order valence-electron chi connectivity index (χ1n) is 8.71. The second kappa shape index (κ2) is 7.00. The molecule has 0 bridgehead atoms. The number of likely N-dealkylation sites (tertiary alicyclic amines) is 1. The highest BCUT2D eigenvalue weighted by Crippen LogP contribution is 2.29. The van der Waals surface area contributed by atoms with Crippen LogP contribution in [0.2, 0.25) is 5.02 Å². The number of aromatic amines is 1. The normalized spacial score (nSPS) is 17.2. The number of halogens is 1. The predicted molar refractivity (Wildman–Crippen MR) is 102 cm³/mol. The smallest absolute Gasteiger partial charge is 0.270 e. The number of imidazole rings is 1. The Morgan fingerprint density at radius 1 is 1.30 bits per heavy atom. The van der Waals surface area contributed by atoms with Gasteiger partial charge in [0, 0.05) is 31.1 Å². The molecule has 0 spiro atoms. The van der Waals surface area contributed by atoms with Gasteiger partial charge in [-0.1, -0.05) is 23.7 Å². The van der Waals surface area contributed by atoms with E-state index in [-0.39, 0.29) is 28.1 Å². The third-order valence-electron chi connectivity index (χ3n) is 4.90. The molecule has 2 aromatic carbocycles. The SMILES string of the molecule is O=C(c1ccc([N+](=O)[O-])cc1Cl)N1CCC[C@H](c2nc3ccccc3[nH]2)C1. The molecule has 1 aliphatic heterocycles. The van der Waals surface area contributed by atoms with Crippen molar-refractivity contribution in [2.24, 2.45) is 0 Å². The Balaban J connectivity index is 1.55. The van der Waals surface area contributed by atoms with Crippen molar-refractivity contribution in [3.63, 3.8) is 0 Å².